The van der Waals surface area contributed by atoms with Crippen LogP contribution in [-0.4, -0.2) is 11.1 Å². The van der Waals surface area contributed by atoms with Crippen molar-refractivity contribution in [3.8, 4) is 0 Å². The molecule has 0 atom stereocenters. The quantitative estimate of drug-likeness (QED) is 0.735. The highest BCUT2D eigenvalue weighted by Crippen LogP contribution is 2.39. The van der Waals surface area contributed by atoms with Crippen molar-refractivity contribution in [3.63, 3.8) is 0 Å². The van der Waals surface area contributed by atoms with E-state index in [0.29, 0.717) is 12.0 Å². The molecule has 0 aromatic heterocycles. The summed E-state index contributed by atoms with van der Waals surface area (Å²) < 4.78 is 53.8. The Kier molecular flexibility index (Phi) is 5.35. The largest absolute Gasteiger partial charge is 0.481 e. The number of aliphatic carboxylic acids is 1. The molecular weight excluding hydrogens is 338 g/mol. The summed E-state index contributed by atoms with van der Waals surface area (Å²) in [6, 6.07) is 7.19. The molecule has 0 heterocycles. The molecule has 2 aromatic rings. The molecule has 7 heteroatoms. The predicted octanol–water partition coefficient (Wildman–Crippen LogP) is 5.09. The highest BCUT2D eigenvalue weighted by molar-refractivity contribution is 5.76. The van der Waals surface area contributed by atoms with Crippen molar-refractivity contribution in [3.05, 3.63) is 58.4 Å². The van der Waals surface area contributed by atoms with Crippen molar-refractivity contribution in [1.82, 2.24) is 0 Å². The van der Waals surface area contributed by atoms with Gasteiger partial charge in [-0.3, -0.25) is 4.79 Å². The van der Waals surface area contributed by atoms with Gasteiger partial charge in [-0.25, -0.2) is 4.39 Å². The van der Waals surface area contributed by atoms with Gasteiger partial charge in [0.2, 0.25) is 0 Å². The van der Waals surface area contributed by atoms with Gasteiger partial charge in [-0.05, 0) is 42.2 Å². The number of alkyl halides is 3. The maximum atomic E-state index is 14.0. The Morgan fingerprint density at radius 2 is 1.80 bits per heavy atom. The molecule has 0 aliphatic rings. The smallest absolute Gasteiger partial charge is 0.421 e. The Balaban J connectivity index is 2.53. The summed E-state index contributed by atoms with van der Waals surface area (Å²) >= 11 is 0. The van der Waals surface area contributed by atoms with Gasteiger partial charge >= 0.3 is 12.1 Å². The fourth-order valence-corrected chi connectivity index (χ4v) is 2.50. The third-order valence-corrected chi connectivity index (χ3v) is 3.81. The molecule has 25 heavy (non-hydrogen) atoms. The molecular formula is C18H17F4NO2. The molecule has 0 amide bonds. The summed E-state index contributed by atoms with van der Waals surface area (Å²) in [5.41, 5.74) is -0.577. The van der Waals surface area contributed by atoms with Crippen LogP contribution >= 0.6 is 0 Å². The van der Waals surface area contributed by atoms with Crippen molar-refractivity contribution < 1.29 is 27.5 Å². The average molecular weight is 355 g/mol. The predicted molar refractivity (Wildman–Crippen MR) is 86.6 cm³/mol. The van der Waals surface area contributed by atoms with Gasteiger partial charge in [0.05, 0.1) is 12.1 Å². The highest BCUT2D eigenvalue weighted by Gasteiger charge is 2.37. The molecule has 0 spiro atoms. The standard InChI is InChI=1S/C18H17F4NO2/c1-3-11-5-7-13(12(8-11)9-15(24)25)23-14-6-4-10(2)17(19)16(14)18(20,21)22/h4-8,23H,3,9H2,1-2H3,(H,24,25). The van der Waals surface area contributed by atoms with Crippen LogP contribution in [0.2, 0.25) is 0 Å². The minimum Gasteiger partial charge on any atom is -0.481 e. The molecule has 0 saturated carbocycles. The Bertz CT molecular complexity index is 800. The normalized spacial score (nSPS) is 11.4. The summed E-state index contributed by atoms with van der Waals surface area (Å²) in [6.45, 7) is 3.13. The van der Waals surface area contributed by atoms with Crippen LogP contribution in [0.25, 0.3) is 0 Å². The van der Waals surface area contributed by atoms with E-state index in [2.05, 4.69) is 5.32 Å². The third kappa shape index (κ3) is 4.29. The molecule has 3 nitrogen and oxygen atoms in total. The van der Waals surface area contributed by atoms with E-state index < -0.39 is 29.2 Å². The van der Waals surface area contributed by atoms with E-state index in [1.807, 2.05) is 6.92 Å². The number of aryl methyl sites for hydroxylation is 2. The lowest BCUT2D eigenvalue weighted by atomic mass is 10.0. The zero-order valence-electron chi connectivity index (χ0n) is 13.7. The van der Waals surface area contributed by atoms with E-state index in [1.165, 1.54) is 19.1 Å². The third-order valence-electron chi connectivity index (χ3n) is 3.81. The van der Waals surface area contributed by atoms with Gasteiger partial charge in [-0.2, -0.15) is 13.2 Å². The van der Waals surface area contributed by atoms with Crippen molar-refractivity contribution in [2.75, 3.05) is 5.32 Å². The Hall–Kier alpha value is -2.57. The molecule has 134 valence electrons. The van der Waals surface area contributed by atoms with Gasteiger partial charge in [-0.1, -0.05) is 25.1 Å². The Morgan fingerprint density at radius 3 is 2.36 bits per heavy atom. The summed E-state index contributed by atoms with van der Waals surface area (Å²) in [7, 11) is 0. The molecule has 0 aliphatic carbocycles. The molecule has 2 N–H and O–H groups in total. The first-order valence-corrected chi connectivity index (χ1v) is 7.60. The molecule has 0 bridgehead atoms. The second-order valence-electron chi connectivity index (χ2n) is 5.66. The Labute approximate surface area is 142 Å². The second-order valence-corrected chi connectivity index (χ2v) is 5.66. The van der Waals surface area contributed by atoms with Crippen LogP contribution in [0.5, 0.6) is 0 Å². The lowest BCUT2D eigenvalue weighted by Gasteiger charge is -2.18. The first-order chi connectivity index (χ1) is 11.6. The highest BCUT2D eigenvalue weighted by atomic mass is 19.4. The van der Waals surface area contributed by atoms with Gasteiger partial charge in [0, 0.05) is 5.69 Å². The number of carboxylic acids is 1. The number of rotatable bonds is 5. The summed E-state index contributed by atoms with van der Waals surface area (Å²) in [4.78, 5) is 11.0. The Morgan fingerprint density at radius 1 is 1.16 bits per heavy atom. The summed E-state index contributed by atoms with van der Waals surface area (Å²) in [5.74, 6) is -2.45. The van der Waals surface area contributed by atoms with Crippen LogP contribution in [0.3, 0.4) is 0 Å². The van der Waals surface area contributed by atoms with E-state index in [9.17, 15) is 22.4 Å². The van der Waals surface area contributed by atoms with Crippen LogP contribution in [0.4, 0.5) is 28.9 Å². The monoisotopic (exact) mass is 355 g/mol. The fourth-order valence-electron chi connectivity index (χ4n) is 2.50. The lowest BCUT2D eigenvalue weighted by Crippen LogP contribution is -2.13. The van der Waals surface area contributed by atoms with Crippen LogP contribution in [-0.2, 0) is 23.8 Å². The van der Waals surface area contributed by atoms with Crippen molar-refractivity contribution >= 4 is 17.3 Å². The minimum absolute atomic E-state index is 0.120. The minimum atomic E-state index is -4.88. The summed E-state index contributed by atoms with van der Waals surface area (Å²) in [5, 5.41) is 11.6. The van der Waals surface area contributed by atoms with E-state index in [1.54, 1.807) is 12.1 Å². The molecule has 0 saturated heterocycles. The van der Waals surface area contributed by atoms with Crippen molar-refractivity contribution in [2.45, 2.75) is 32.9 Å². The molecule has 0 aliphatic heterocycles. The number of hydrogen-bond donors (Lipinski definition) is 2. The first kappa shape index (κ1) is 18.8. The first-order valence-electron chi connectivity index (χ1n) is 7.60. The molecule has 0 fully saturated rings. The van der Waals surface area contributed by atoms with E-state index in [-0.39, 0.29) is 17.7 Å². The maximum Gasteiger partial charge on any atom is 0.421 e. The van der Waals surface area contributed by atoms with Crippen LogP contribution < -0.4 is 5.32 Å². The second kappa shape index (κ2) is 7.13. The van der Waals surface area contributed by atoms with Gasteiger partial charge in [0.1, 0.15) is 11.4 Å². The van der Waals surface area contributed by atoms with Gasteiger partial charge in [-0.15, -0.1) is 0 Å². The van der Waals surface area contributed by atoms with E-state index in [4.69, 9.17) is 5.11 Å². The number of benzene rings is 2. The van der Waals surface area contributed by atoms with Gasteiger partial charge < -0.3 is 10.4 Å². The molecule has 0 unspecified atom stereocenters. The number of nitrogens with one attached hydrogen (secondary N) is 1. The van der Waals surface area contributed by atoms with Crippen LogP contribution in [0.1, 0.15) is 29.2 Å². The number of anilines is 2. The van der Waals surface area contributed by atoms with Crippen LogP contribution in [0.15, 0.2) is 30.3 Å². The number of hydrogen-bond acceptors (Lipinski definition) is 2. The van der Waals surface area contributed by atoms with E-state index >= 15 is 0 Å². The SMILES string of the molecule is CCc1ccc(Nc2ccc(C)c(F)c2C(F)(F)F)c(CC(=O)O)c1. The number of halogens is 4. The fraction of sp³-hybridized carbons (Fsp3) is 0.278. The topological polar surface area (TPSA) is 49.3 Å². The van der Waals surface area contributed by atoms with Crippen LogP contribution in [0, 0.1) is 12.7 Å². The van der Waals surface area contributed by atoms with Gasteiger partial charge in [0.25, 0.3) is 0 Å². The van der Waals surface area contributed by atoms with Crippen molar-refractivity contribution in [2.24, 2.45) is 0 Å². The van der Waals surface area contributed by atoms with E-state index in [0.717, 1.165) is 11.6 Å². The van der Waals surface area contributed by atoms with Crippen molar-refractivity contribution in [1.29, 1.82) is 0 Å². The molecule has 2 aromatic carbocycles. The lowest BCUT2D eigenvalue weighted by molar-refractivity contribution is -0.139. The van der Waals surface area contributed by atoms with Gasteiger partial charge in [0.15, 0.2) is 0 Å². The zero-order valence-corrected chi connectivity index (χ0v) is 13.7. The maximum absolute atomic E-state index is 14.0. The molecule has 0 radical (unpaired) electrons. The number of carboxylic acid groups (broad SMARTS) is 1. The zero-order chi connectivity index (χ0) is 18.8. The average Bonchev–Trinajstić information content (AvgIpc) is 2.50. The number of carbonyl (C=O) groups is 1. The molecule has 2 rings (SSSR count). The summed E-state index contributed by atoms with van der Waals surface area (Å²) in [6.07, 6.45) is -4.58.